The fourth-order valence-corrected chi connectivity index (χ4v) is 2.71. The number of likely N-dealkylation sites (tertiary alicyclic amines) is 1. The van der Waals surface area contributed by atoms with Crippen molar-refractivity contribution in [3.05, 3.63) is 35.6 Å². The van der Waals surface area contributed by atoms with Gasteiger partial charge in [0.2, 0.25) is 5.91 Å². The lowest BCUT2D eigenvalue weighted by atomic mass is 10.1. The number of halogens is 2. The van der Waals surface area contributed by atoms with E-state index in [1.807, 2.05) is 11.8 Å². The SMILES string of the molecule is CCCC(N)C(=O)N1CCC(OCc2ccc(F)cc2)CC1.Cl. The highest BCUT2D eigenvalue weighted by atomic mass is 35.5. The molecule has 1 heterocycles. The van der Waals surface area contributed by atoms with Crippen molar-refractivity contribution >= 4 is 18.3 Å². The van der Waals surface area contributed by atoms with E-state index in [2.05, 4.69) is 0 Å². The van der Waals surface area contributed by atoms with Crippen LogP contribution in [-0.4, -0.2) is 36.0 Å². The molecule has 4 nitrogen and oxygen atoms in total. The van der Waals surface area contributed by atoms with Crippen molar-refractivity contribution in [2.75, 3.05) is 13.1 Å². The molecule has 2 rings (SSSR count). The van der Waals surface area contributed by atoms with Gasteiger partial charge in [-0.3, -0.25) is 4.79 Å². The van der Waals surface area contributed by atoms with Crippen molar-refractivity contribution in [1.82, 2.24) is 4.90 Å². The Labute approximate surface area is 143 Å². The second-order valence-corrected chi connectivity index (χ2v) is 5.86. The van der Waals surface area contributed by atoms with Crippen LogP contribution in [0.5, 0.6) is 0 Å². The average Bonchev–Trinajstić information content (AvgIpc) is 2.54. The van der Waals surface area contributed by atoms with E-state index in [9.17, 15) is 9.18 Å². The topological polar surface area (TPSA) is 55.6 Å². The summed E-state index contributed by atoms with van der Waals surface area (Å²) in [5.41, 5.74) is 6.85. The maximum atomic E-state index is 12.8. The minimum Gasteiger partial charge on any atom is -0.373 e. The van der Waals surface area contributed by atoms with Crippen LogP contribution in [0, 0.1) is 5.82 Å². The number of hydrogen-bond acceptors (Lipinski definition) is 3. The molecule has 1 aliphatic heterocycles. The molecular formula is C17H26ClFN2O2. The third kappa shape index (κ3) is 6.09. The first-order valence-electron chi connectivity index (χ1n) is 8.00. The molecule has 0 aromatic heterocycles. The average molecular weight is 345 g/mol. The number of amides is 1. The number of benzene rings is 1. The van der Waals surface area contributed by atoms with Gasteiger partial charge in [-0.1, -0.05) is 25.5 Å². The predicted molar refractivity (Wildman–Crippen MR) is 90.9 cm³/mol. The summed E-state index contributed by atoms with van der Waals surface area (Å²) >= 11 is 0. The molecule has 0 radical (unpaired) electrons. The van der Waals surface area contributed by atoms with E-state index >= 15 is 0 Å². The summed E-state index contributed by atoms with van der Waals surface area (Å²) in [7, 11) is 0. The number of nitrogens with two attached hydrogens (primary N) is 1. The largest absolute Gasteiger partial charge is 0.373 e. The first kappa shape index (κ1) is 19.9. The molecule has 1 aliphatic rings. The maximum absolute atomic E-state index is 12.8. The molecule has 1 aromatic carbocycles. The summed E-state index contributed by atoms with van der Waals surface area (Å²) in [5.74, 6) is -0.183. The van der Waals surface area contributed by atoms with Crippen LogP contribution in [0.2, 0.25) is 0 Å². The normalized spacial score (nSPS) is 16.7. The van der Waals surface area contributed by atoms with Crippen LogP contribution >= 0.6 is 12.4 Å². The van der Waals surface area contributed by atoms with Gasteiger partial charge in [-0.15, -0.1) is 12.4 Å². The molecule has 1 amide bonds. The van der Waals surface area contributed by atoms with Crippen LogP contribution in [0.15, 0.2) is 24.3 Å². The Hall–Kier alpha value is -1.17. The van der Waals surface area contributed by atoms with Crippen molar-refractivity contribution in [1.29, 1.82) is 0 Å². The molecule has 1 atom stereocenters. The van der Waals surface area contributed by atoms with Gasteiger partial charge in [0.1, 0.15) is 5.82 Å². The molecule has 1 fully saturated rings. The van der Waals surface area contributed by atoms with Gasteiger partial charge in [-0.05, 0) is 37.0 Å². The smallest absolute Gasteiger partial charge is 0.239 e. The Morgan fingerprint density at radius 1 is 1.35 bits per heavy atom. The van der Waals surface area contributed by atoms with Crippen LogP contribution < -0.4 is 5.73 Å². The Kier molecular flexibility index (Phi) is 8.52. The van der Waals surface area contributed by atoms with Gasteiger partial charge in [0.05, 0.1) is 18.8 Å². The number of hydrogen-bond donors (Lipinski definition) is 1. The standard InChI is InChI=1S/C17H25FN2O2.ClH/c1-2-3-16(19)17(21)20-10-8-15(9-11-20)22-12-13-4-6-14(18)7-5-13;/h4-7,15-16H,2-3,8-12,19H2,1H3;1H. The predicted octanol–water partition coefficient (Wildman–Crippen LogP) is 2.88. The van der Waals surface area contributed by atoms with Crippen LogP contribution in [-0.2, 0) is 16.1 Å². The Balaban J connectivity index is 0.00000264. The first-order valence-corrected chi connectivity index (χ1v) is 8.00. The van der Waals surface area contributed by atoms with Crippen molar-refractivity contribution in [2.45, 2.75) is 51.4 Å². The summed E-state index contributed by atoms with van der Waals surface area (Å²) in [6, 6.07) is 5.97. The zero-order valence-electron chi connectivity index (χ0n) is 13.5. The first-order chi connectivity index (χ1) is 10.6. The zero-order chi connectivity index (χ0) is 15.9. The van der Waals surface area contributed by atoms with Gasteiger partial charge in [0.15, 0.2) is 0 Å². The van der Waals surface area contributed by atoms with Crippen molar-refractivity contribution < 1.29 is 13.9 Å². The van der Waals surface area contributed by atoms with Crippen LogP contribution in [0.1, 0.15) is 38.2 Å². The van der Waals surface area contributed by atoms with E-state index in [1.54, 1.807) is 12.1 Å². The van der Waals surface area contributed by atoms with E-state index < -0.39 is 0 Å². The van der Waals surface area contributed by atoms with Crippen molar-refractivity contribution in [3.63, 3.8) is 0 Å². The molecule has 2 N–H and O–H groups in total. The molecule has 1 aromatic rings. The van der Waals surface area contributed by atoms with E-state index in [0.717, 1.165) is 31.2 Å². The summed E-state index contributed by atoms with van der Waals surface area (Å²) in [5, 5.41) is 0. The van der Waals surface area contributed by atoms with E-state index in [4.69, 9.17) is 10.5 Å². The van der Waals surface area contributed by atoms with Gasteiger partial charge in [-0.25, -0.2) is 4.39 Å². The lowest BCUT2D eigenvalue weighted by Crippen LogP contribution is -2.48. The van der Waals surface area contributed by atoms with Gasteiger partial charge in [0.25, 0.3) is 0 Å². The molecular weight excluding hydrogens is 319 g/mol. The minimum atomic E-state index is -0.373. The number of piperidine rings is 1. The molecule has 23 heavy (non-hydrogen) atoms. The molecule has 0 spiro atoms. The van der Waals surface area contributed by atoms with E-state index in [-0.39, 0.29) is 36.3 Å². The molecule has 6 heteroatoms. The monoisotopic (exact) mass is 344 g/mol. The highest BCUT2D eigenvalue weighted by Gasteiger charge is 2.26. The molecule has 0 bridgehead atoms. The van der Waals surface area contributed by atoms with Crippen LogP contribution in [0.25, 0.3) is 0 Å². The van der Waals surface area contributed by atoms with Gasteiger partial charge in [-0.2, -0.15) is 0 Å². The Bertz CT molecular complexity index is 476. The van der Waals surface area contributed by atoms with Crippen molar-refractivity contribution in [3.8, 4) is 0 Å². The summed E-state index contributed by atoms with van der Waals surface area (Å²) in [4.78, 5) is 14.0. The van der Waals surface area contributed by atoms with Gasteiger partial charge < -0.3 is 15.4 Å². The summed E-state index contributed by atoms with van der Waals surface area (Å²) in [6.45, 7) is 3.91. The lowest BCUT2D eigenvalue weighted by Gasteiger charge is -2.33. The maximum Gasteiger partial charge on any atom is 0.239 e. The van der Waals surface area contributed by atoms with Gasteiger partial charge in [0, 0.05) is 13.1 Å². The highest BCUT2D eigenvalue weighted by molar-refractivity contribution is 5.85. The minimum absolute atomic E-state index is 0. The number of carbonyl (C=O) groups is 1. The number of ether oxygens (including phenoxy) is 1. The number of carbonyl (C=O) groups excluding carboxylic acids is 1. The second-order valence-electron chi connectivity index (χ2n) is 5.86. The van der Waals surface area contributed by atoms with Gasteiger partial charge >= 0.3 is 0 Å². The van der Waals surface area contributed by atoms with Crippen LogP contribution in [0.4, 0.5) is 4.39 Å². The molecule has 1 unspecified atom stereocenters. The third-order valence-electron chi connectivity index (χ3n) is 4.07. The third-order valence-corrected chi connectivity index (χ3v) is 4.07. The number of rotatable bonds is 6. The van der Waals surface area contributed by atoms with E-state index in [1.165, 1.54) is 12.1 Å². The van der Waals surface area contributed by atoms with Crippen molar-refractivity contribution in [2.24, 2.45) is 5.73 Å². The second kappa shape index (κ2) is 9.85. The fourth-order valence-electron chi connectivity index (χ4n) is 2.71. The number of nitrogens with zero attached hydrogens (tertiary/aromatic N) is 1. The Morgan fingerprint density at radius 3 is 2.52 bits per heavy atom. The Morgan fingerprint density at radius 2 is 1.96 bits per heavy atom. The molecule has 0 aliphatic carbocycles. The summed E-state index contributed by atoms with van der Waals surface area (Å²) in [6.07, 6.45) is 3.46. The fraction of sp³-hybridized carbons (Fsp3) is 0.588. The van der Waals surface area contributed by atoms with Crippen LogP contribution in [0.3, 0.4) is 0 Å². The summed E-state index contributed by atoms with van der Waals surface area (Å²) < 4.78 is 18.7. The zero-order valence-corrected chi connectivity index (χ0v) is 14.4. The highest BCUT2D eigenvalue weighted by Crippen LogP contribution is 2.17. The van der Waals surface area contributed by atoms with E-state index in [0.29, 0.717) is 19.7 Å². The quantitative estimate of drug-likeness (QED) is 0.863. The molecule has 130 valence electrons. The lowest BCUT2D eigenvalue weighted by molar-refractivity contribution is -0.135. The molecule has 0 saturated carbocycles. The molecule has 1 saturated heterocycles.